The maximum Gasteiger partial charge on any atom is 0.235 e. The van der Waals surface area contributed by atoms with Gasteiger partial charge in [0.1, 0.15) is 5.69 Å². The van der Waals surface area contributed by atoms with E-state index in [4.69, 9.17) is 5.73 Å². The Morgan fingerprint density at radius 1 is 1.22 bits per heavy atom. The fourth-order valence-corrected chi connectivity index (χ4v) is 3.71. The Labute approximate surface area is 104 Å². The Morgan fingerprint density at radius 2 is 1.83 bits per heavy atom. The zero-order valence-corrected chi connectivity index (χ0v) is 10.4. The summed E-state index contributed by atoms with van der Waals surface area (Å²) in [6.07, 6.45) is 2.72. The highest BCUT2D eigenvalue weighted by molar-refractivity contribution is 7.93. The molecule has 0 unspecified atom stereocenters. The molecule has 18 heavy (non-hydrogen) atoms. The van der Waals surface area contributed by atoms with Crippen molar-refractivity contribution in [2.45, 2.75) is 30.9 Å². The van der Waals surface area contributed by atoms with Crippen molar-refractivity contribution in [2.24, 2.45) is 0 Å². The van der Waals surface area contributed by atoms with Gasteiger partial charge in [-0.2, -0.15) is 0 Å². The van der Waals surface area contributed by atoms with E-state index in [1.165, 1.54) is 0 Å². The molecule has 2 rings (SSSR count). The number of hydrogen-bond acceptors (Lipinski definition) is 3. The molecule has 0 amide bonds. The minimum absolute atomic E-state index is 0.129. The summed E-state index contributed by atoms with van der Waals surface area (Å²) < 4.78 is 52.5. The minimum Gasteiger partial charge on any atom is -0.397 e. The second-order valence-electron chi connectivity index (χ2n) is 4.38. The highest BCUT2D eigenvalue weighted by Gasteiger charge is 2.30. The molecule has 0 atom stereocenters. The fraction of sp³-hybridized carbons (Fsp3) is 0.455. The summed E-state index contributed by atoms with van der Waals surface area (Å²) in [6, 6.07) is 1.99. The normalized spacial score (nSPS) is 17.0. The molecule has 0 aliphatic heterocycles. The number of nitrogens with one attached hydrogen (secondary N) is 1. The molecule has 4 nitrogen and oxygen atoms in total. The number of rotatable bonds is 3. The van der Waals surface area contributed by atoms with Crippen LogP contribution in [0, 0.1) is 11.6 Å². The van der Waals surface area contributed by atoms with E-state index >= 15 is 0 Å². The van der Waals surface area contributed by atoms with Gasteiger partial charge >= 0.3 is 0 Å². The van der Waals surface area contributed by atoms with Crippen LogP contribution in [-0.2, 0) is 10.0 Å². The number of benzene rings is 1. The van der Waals surface area contributed by atoms with E-state index in [9.17, 15) is 17.2 Å². The van der Waals surface area contributed by atoms with Gasteiger partial charge in [0.05, 0.1) is 10.9 Å². The van der Waals surface area contributed by atoms with Crippen LogP contribution in [0.3, 0.4) is 0 Å². The average Bonchev–Trinajstić information content (AvgIpc) is 2.84. The first-order chi connectivity index (χ1) is 8.42. The Morgan fingerprint density at radius 3 is 2.44 bits per heavy atom. The van der Waals surface area contributed by atoms with Gasteiger partial charge in [0.2, 0.25) is 10.0 Å². The fourth-order valence-electron chi connectivity index (χ4n) is 2.09. The van der Waals surface area contributed by atoms with E-state index in [-0.39, 0.29) is 5.69 Å². The molecule has 1 aliphatic carbocycles. The van der Waals surface area contributed by atoms with Crippen molar-refractivity contribution in [1.29, 1.82) is 0 Å². The first-order valence-electron chi connectivity index (χ1n) is 5.67. The first kappa shape index (κ1) is 13.1. The highest BCUT2D eigenvalue weighted by Crippen LogP contribution is 2.30. The molecule has 0 radical (unpaired) electrons. The number of hydrogen-bond donors (Lipinski definition) is 2. The molecule has 1 aromatic rings. The summed E-state index contributed by atoms with van der Waals surface area (Å²) in [5.41, 5.74) is 4.84. The number of nitrogen functional groups attached to an aromatic ring is 1. The quantitative estimate of drug-likeness (QED) is 0.831. The Hall–Kier alpha value is -1.37. The molecule has 1 saturated carbocycles. The third-order valence-electron chi connectivity index (χ3n) is 3.11. The van der Waals surface area contributed by atoms with E-state index < -0.39 is 32.6 Å². The van der Waals surface area contributed by atoms with Crippen LogP contribution in [0.4, 0.5) is 20.2 Å². The Kier molecular flexibility index (Phi) is 3.43. The van der Waals surface area contributed by atoms with Gasteiger partial charge in [-0.1, -0.05) is 12.8 Å². The van der Waals surface area contributed by atoms with Crippen LogP contribution < -0.4 is 10.5 Å². The van der Waals surface area contributed by atoms with Crippen LogP contribution in [0.15, 0.2) is 12.1 Å². The largest absolute Gasteiger partial charge is 0.397 e. The molecular weight excluding hydrogens is 262 g/mol. The summed E-state index contributed by atoms with van der Waals surface area (Å²) in [6.45, 7) is 0. The van der Waals surface area contributed by atoms with Crippen LogP contribution >= 0.6 is 0 Å². The molecule has 0 aromatic heterocycles. The van der Waals surface area contributed by atoms with E-state index in [0.29, 0.717) is 12.8 Å². The summed E-state index contributed by atoms with van der Waals surface area (Å²) in [4.78, 5) is 0. The summed E-state index contributed by atoms with van der Waals surface area (Å²) in [5, 5.41) is -0.556. The van der Waals surface area contributed by atoms with E-state index in [0.717, 1.165) is 25.0 Å². The van der Waals surface area contributed by atoms with Gasteiger partial charge in [-0.15, -0.1) is 0 Å². The van der Waals surface area contributed by atoms with Crippen molar-refractivity contribution in [3.05, 3.63) is 23.8 Å². The van der Waals surface area contributed by atoms with Gasteiger partial charge in [-0.3, -0.25) is 4.72 Å². The van der Waals surface area contributed by atoms with Crippen LogP contribution in [-0.4, -0.2) is 13.7 Å². The molecule has 1 aliphatic rings. The molecule has 7 heteroatoms. The molecule has 100 valence electrons. The molecule has 1 aromatic carbocycles. The van der Waals surface area contributed by atoms with Crippen LogP contribution in [0.5, 0.6) is 0 Å². The average molecular weight is 276 g/mol. The predicted octanol–water partition coefficient (Wildman–Crippen LogP) is 2.23. The van der Waals surface area contributed by atoms with E-state index in [1.54, 1.807) is 0 Å². The van der Waals surface area contributed by atoms with Crippen molar-refractivity contribution in [3.8, 4) is 0 Å². The van der Waals surface area contributed by atoms with Crippen LogP contribution in [0.2, 0.25) is 0 Å². The third kappa shape index (κ3) is 2.40. The van der Waals surface area contributed by atoms with Gasteiger partial charge in [-0.05, 0) is 25.0 Å². The minimum atomic E-state index is -3.71. The lowest BCUT2D eigenvalue weighted by atomic mass is 10.2. The lowest BCUT2D eigenvalue weighted by Crippen LogP contribution is -2.26. The van der Waals surface area contributed by atoms with E-state index in [1.807, 2.05) is 0 Å². The molecule has 0 bridgehead atoms. The zero-order chi connectivity index (χ0) is 13.3. The second-order valence-corrected chi connectivity index (χ2v) is 6.34. The molecule has 3 N–H and O–H groups in total. The van der Waals surface area contributed by atoms with Crippen molar-refractivity contribution in [3.63, 3.8) is 0 Å². The molecule has 1 fully saturated rings. The highest BCUT2D eigenvalue weighted by atomic mass is 32.2. The topological polar surface area (TPSA) is 72.2 Å². The molecule has 0 heterocycles. The summed E-state index contributed by atoms with van der Waals surface area (Å²) in [7, 11) is -3.71. The Balaban J connectivity index is 2.31. The molecule has 0 spiro atoms. The van der Waals surface area contributed by atoms with Crippen molar-refractivity contribution in [1.82, 2.24) is 0 Å². The third-order valence-corrected chi connectivity index (χ3v) is 4.95. The number of sulfonamides is 1. The maximum absolute atomic E-state index is 13.5. The van der Waals surface area contributed by atoms with Gasteiger partial charge in [0.15, 0.2) is 11.6 Å². The Bertz CT molecular complexity index is 554. The monoisotopic (exact) mass is 276 g/mol. The van der Waals surface area contributed by atoms with Crippen molar-refractivity contribution in [2.75, 3.05) is 10.5 Å². The van der Waals surface area contributed by atoms with Gasteiger partial charge in [0.25, 0.3) is 0 Å². The summed E-state index contributed by atoms with van der Waals surface area (Å²) >= 11 is 0. The van der Waals surface area contributed by atoms with E-state index in [2.05, 4.69) is 4.72 Å². The lowest BCUT2D eigenvalue weighted by Gasteiger charge is -2.15. The number of nitrogens with two attached hydrogens (primary N) is 1. The maximum atomic E-state index is 13.5. The second kappa shape index (κ2) is 4.72. The van der Waals surface area contributed by atoms with Gasteiger partial charge in [-0.25, -0.2) is 17.2 Å². The zero-order valence-electron chi connectivity index (χ0n) is 9.62. The van der Waals surface area contributed by atoms with Crippen molar-refractivity contribution < 1.29 is 17.2 Å². The lowest BCUT2D eigenvalue weighted by molar-refractivity contribution is 0.512. The van der Waals surface area contributed by atoms with Crippen LogP contribution in [0.25, 0.3) is 0 Å². The summed E-state index contributed by atoms with van der Waals surface area (Å²) in [5.74, 6) is -2.40. The number of halogens is 2. The molecule has 0 saturated heterocycles. The molecular formula is C11H14F2N2O2S. The predicted molar refractivity (Wildman–Crippen MR) is 65.6 cm³/mol. The van der Waals surface area contributed by atoms with Gasteiger partial charge < -0.3 is 5.73 Å². The first-order valence-corrected chi connectivity index (χ1v) is 7.21. The van der Waals surface area contributed by atoms with Crippen LogP contribution in [0.1, 0.15) is 25.7 Å². The van der Waals surface area contributed by atoms with Crippen molar-refractivity contribution >= 4 is 21.4 Å². The number of anilines is 2. The van der Waals surface area contributed by atoms with Gasteiger partial charge in [0, 0.05) is 0 Å². The standard InChI is InChI=1S/C11H14F2N2O2S/c12-8-5-6-9(14)11(10(8)13)15-18(16,17)7-3-1-2-4-7/h5-7,15H,1-4,14H2. The smallest absolute Gasteiger partial charge is 0.235 e. The SMILES string of the molecule is Nc1ccc(F)c(F)c1NS(=O)(=O)C1CCCC1.